The van der Waals surface area contributed by atoms with Crippen molar-refractivity contribution in [1.82, 2.24) is 24.8 Å². The number of nitrogens with zero attached hydrogens (tertiary/aromatic N) is 5. The average molecular weight is 508 g/mol. The number of rotatable bonds is 7. The number of anilines is 1. The molecular formula is C17H13N7O6S3. The molecule has 1 saturated heterocycles. The molecule has 2 atom stereocenters. The fraction of sp³-hybridized carbons (Fsp3) is 0.176. The Balaban J connectivity index is 1.55. The van der Waals surface area contributed by atoms with Crippen molar-refractivity contribution in [3.63, 3.8) is 0 Å². The Morgan fingerprint density at radius 3 is 2.82 bits per heavy atom. The van der Waals surface area contributed by atoms with Gasteiger partial charge in [0.25, 0.3) is 11.8 Å². The standard InChI is InChI=1S/C17H13N7O6S3/c18-17-19-9(5-32-17)10(22-29)13(26)20-11-14(27)24-12(16(28)30-6-25)7(3-31-15(11)24)1-2-8-4-33-23-21-8/h1-2,4-6,11,15,29H,3H2,(H2,18,19)(H,20,26)/b2-1-,22-10-/t11?,15-/m0/s1. The highest BCUT2D eigenvalue weighted by molar-refractivity contribution is 8.00. The quantitative estimate of drug-likeness (QED) is 0.0857. The smallest absolute Gasteiger partial charge is 0.362 e. The second kappa shape index (κ2) is 9.47. The summed E-state index contributed by atoms with van der Waals surface area (Å²) in [6.45, 7) is -0.0230. The summed E-state index contributed by atoms with van der Waals surface area (Å²) < 4.78 is 8.22. The molecular weight excluding hydrogens is 494 g/mol. The van der Waals surface area contributed by atoms with E-state index in [1.54, 1.807) is 17.5 Å². The zero-order valence-corrected chi connectivity index (χ0v) is 18.7. The van der Waals surface area contributed by atoms with Gasteiger partial charge >= 0.3 is 12.4 Å². The summed E-state index contributed by atoms with van der Waals surface area (Å²) in [5, 5.41) is 21.2. The van der Waals surface area contributed by atoms with Crippen LogP contribution in [0.2, 0.25) is 0 Å². The molecule has 1 unspecified atom stereocenters. The number of thioether (sulfide) groups is 1. The minimum Gasteiger partial charge on any atom is -0.410 e. The molecule has 2 aliphatic rings. The summed E-state index contributed by atoms with van der Waals surface area (Å²) in [5.41, 5.74) is 6.07. The third kappa shape index (κ3) is 4.35. The number of amides is 2. The van der Waals surface area contributed by atoms with Gasteiger partial charge in [-0.1, -0.05) is 15.7 Å². The lowest BCUT2D eigenvalue weighted by Gasteiger charge is -2.49. The second-order valence-electron chi connectivity index (χ2n) is 6.42. The van der Waals surface area contributed by atoms with E-state index >= 15 is 0 Å². The summed E-state index contributed by atoms with van der Waals surface area (Å²) in [6.07, 6.45) is 3.20. The SMILES string of the molecule is Nc1nc(/C(=N/O)C(=O)NC2C(=O)N3C(C(=O)OC=O)=C(/C=C\c4csnn4)CS[C@@H]23)cs1. The number of oxime groups is 1. The molecule has 2 aromatic heterocycles. The lowest BCUT2D eigenvalue weighted by molar-refractivity contribution is -0.155. The number of allylic oxidation sites excluding steroid dienone is 1. The molecule has 2 aromatic rings. The molecule has 170 valence electrons. The minimum atomic E-state index is -1.01. The Kier molecular flexibility index (Phi) is 6.47. The van der Waals surface area contributed by atoms with Gasteiger partial charge in [-0.05, 0) is 23.2 Å². The van der Waals surface area contributed by atoms with Gasteiger partial charge in [0.15, 0.2) is 10.8 Å². The second-order valence-corrected chi connectivity index (χ2v) is 9.02. The van der Waals surface area contributed by atoms with Crippen LogP contribution in [0.5, 0.6) is 0 Å². The van der Waals surface area contributed by atoms with Gasteiger partial charge in [0.1, 0.15) is 22.8 Å². The first-order chi connectivity index (χ1) is 15.9. The van der Waals surface area contributed by atoms with Gasteiger partial charge in [0, 0.05) is 16.5 Å². The number of esters is 1. The number of fused-ring (bicyclic) bond motifs is 1. The molecule has 4 rings (SSSR count). The van der Waals surface area contributed by atoms with E-state index in [-0.39, 0.29) is 28.7 Å². The molecule has 0 radical (unpaired) electrons. The first-order valence-corrected chi connectivity index (χ1v) is 11.7. The van der Waals surface area contributed by atoms with Crippen molar-refractivity contribution < 1.29 is 29.1 Å². The topological polar surface area (TPSA) is 190 Å². The third-order valence-electron chi connectivity index (χ3n) is 4.54. The summed E-state index contributed by atoms with van der Waals surface area (Å²) in [7, 11) is 0. The Morgan fingerprint density at radius 2 is 2.18 bits per heavy atom. The maximum Gasteiger partial charge on any atom is 0.362 e. The normalized spacial score (nSPS) is 20.4. The molecule has 13 nitrogen and oxygen atoms in total. The van der Waals surface area contributed by atoms with Crippen LogP contribution >= 0.6 is 34.6 Å². The van der Waals surface area contributed by atoms with Gasteiger partial charge in [-0.25, -0.2) is 9.78 Å². The van der Waals surface area contributed by atoms with E-state index < -0.39 is 34.9 Å². The first-order valence-electron chi connectivity index (χ1n) is 8.96. The molecule has 0 saturated carbocycles. The molecule has 0 bridgehead atoms. The fourth-order valence-corrected chi connectivity index (χ4v) is 5.40. The summed E-state index contributed by atoms with van der Waals surface area (Å²) in [6, 6.07) is -1.01. The maximum absolute atomic E-state index is 12.9. The number of aromatic nitrogens is 3. The molecule has 33 heavy (non-hydrogen) atoms. The van der Waals surface area contributed by atoms with Crippen LogP contribution < -0.4 is 11.1 Å². The molecule has 16 heteroatoms. The van der Waals surface area contributed by atoms with Crippen molar-refractivity contribution in [1.29, 1.82) is 0 Å². The predicted molar refractivity (Wildman–Crippen MR) is 118 cm³/mol. The zero-order chi connectivity index (χ0) is 23.5. The van der Waals surface area contributed by atoms with Crippen molar-refractivity contribution in [2.24, 2.45) is 5.16 Å². The van der Waals surface area contributed by atoms with Crippen molar-refractivity contribution in [3.8, 4) is 0 Å². The van der Waals surface area contributed by atoms with Crippen molar-refractivity contribution in [2.45, 2.75) is 11.4 Å². The summed E-state index contributed by atoms with van der Waals surface area (Å²) >= 11 is 3.49. The van der Waals surface area contributed by atoms with Crippen LogP contribution in [0, 0.1) is 0 Å². The lowest BCUT2D eigenvalue weighted by atomic mass is 10.0. The predicted octanol–water partition coefficient (Wildman–Crippen LogP) is -0.178. The van der Waals surface area contributed by atoms with Crippen LogP contribution in [0.4, 0.5) is 5.13 Å². The van der Waals surface area contributed by atoms with Crippen LogP contribution in [0.3, 0.4) is 0 Å². The molecule has 0 aromatic carbocycles. The van der Waals surface area contributed by atoms with Crippen LogP contribution in [0.1, 0.15) is 11.4 Å². The highest BCUT2D eigenvalue weighted by atomic mass is 32.2. The van der Waals surface area contributed by atoms with Crippen LogP contribution in [-0.4, -0.2) is 71.8 Å². The van der Waals surface area contributed by atoms with E-state index in [1.807, 2.05) is 0 Å². The van der Waals surface area contributed by atoms with E-state index in [2.05, 4.69) is 29.8 Å². The number of hydrogen-bond donors (Lipinski definition) is 3. The zero-order valence-electron chi connectivity index (χ0n) is 16.3. The van der Waals surface area contributed by atoms with E-state index in [4.69, 9.17) is 5.73 Å². The molecule has 0 aliphatic carbocycles. The Bertz CT molecular complexity index is 1210. The maximum atomic E-state index is 12.9. The van der Waals surface area contributed by atoms with E-state index in [0.29, 0.717) is 11.3 Å². The van der Waals surface area contributed by atoms with E-state index in [1.165, 1.54) is 17.1 Å². The molecule has 1 fully saturated rings. The minimum absolute atomic E-state index is 0.0230. The number of nitrogens with one attached hydrogen (secondary N) is 1. The van der Waals surface area contributed by atoms with Gasteiger partial charge in [0.2, 0.25) is 0 Å². The number of nitrogens with two attached hydrogens (primary N) is 1. The van der Waals surface area contributed by atoms with Gasteiger partial charge in [-0.15, -0.1) is 28.2 Å². The first kappa shape index (κ1) is 22.6. The molecule has 4 N–H and O–H groups in total. The van der Waals surface area contributed by atoms with E-state index in [9.17, 15) is 24.4 Å². The van der Waals surface area contributed by atoms with Crippen LogP contribution in [-0.2, 0) is 23.9 Å². The fourth-order valence-electron chi connectivity index (χ4n) is 3.11. The molecule has 2 amide bonds. The van der Waals surface area contributed by atoms with Gasteiger partial charge in [-0.2, -0.15) is 0 Å². The van der Waals surface area contributed by atoms with Crippen LogP contribution in [0.15, 0.2) is 33.3 Å². The third-order valence-corrected chi connectivity index (χ3v) is 7.04. The molecule has 0 spiro atoms. The highest BCUT2D eigenvalue weighted by Crippen LogP contribution is 2.41. The number of β-lactam (4-membered cyclic amide) rings is 1. The van der Waals surface area contributed by atoms with Crippen molar-refractivity contribution in [3.05, 3.63) is 39.5 Å². The average Bonchev–Trinajstić information content (AvgIpc) is 3.48. The summed E-state index contributed by atoms with van der Waals surface area (Å²) in [4.78, 5) is 53.7. The van der Waals surface area contributed by atoms with Crippen molar-refractivity contribution >= 4 is 75.8 Å². The highest BCUT2D eigenvalue weighted by Gasteiger charge is 2.54. The Hall–Kier alpha value is -3.63. The van der Waals surface area contributed by atoms with Gasteiger partial charge in [-0.3, -0.25) is 19.3 Å². The monoisotopic (exact) mass is 507 g/mol. The number of thiazole rings is 1. The molecule has 4 heterocycles. The Labute approximate surface area is 197 Å². The lowest BCUT2D eigenvalue weighted by Crippen LogP contribution is -2.71. The number of nitrogen functional groups attached to an aromatic ring is 1. The summed E-state index contributed by atoms with van der Waals surface area (Å²) in [5.74, 6) is -2.17. The van der Waals surface area contributed by atoms with Crippen molar-refractivity contribution in [2.75, 3.05) is 11.5 Å². The van der Waals surface area contributed by atoms with Gasteiger partial charge in [0.05, 0.1) is 5.69 Å². The van der Waals surface area contributed by atoms with E-state index in [0.717, 1.165) is 27.8 Å². The molecule has 2 aliphatic heterocycles. The number of carbonyl (C=O) groups excluding carboxylic acids is 4. The number of ether oxygens (including phenoxy) is 1. The largest absolute Gasteiger partial charge is 0.410 e. The van der Waals surface area contributed by atoms with Crippen LogP contribution in [0.25, 0.3) is 6.08 Å². The van der Waals surface area contributed by atoms with Gasteiger partial charge < -0.3 is 21.0 Å². The Morgan fingerprint density at radius 1 is 1.36 bits per heavy atom. The number of carbonyl (C=O) groups is 4. The number of hydrogen-bond acceptors (Lipinski definition) is 14.